The van der Waals surface area contributed by atoms with Crippen molar-refractivity contribution in [1.82, 2.24) is 0 Å². The van der Waals surface area contributed by atoms with Crippen LogP contribution in [0.5, 0.6) is 0 Å². The second-order valence-corrected chi connectivity index (χ2v) is 5.97. The van der Waals surface area contributed by atoms with E-state index in [0.717, 1.165) is 16.7 Å². The molecule has 0 aliphatic carbocycles. The van der Waals surface area contributed by atoms with Crippen molar-refractivity contribution >= 4 is 16.5 Å². The molecule has 19 heavy (non-hydrogen) atoms. The average molecular weight is 277 g/mol. The molecule has 0 aromatic heterocycles. The number of halogens is 1. The second kappa shape index (κ2) is 5.53. The predicted molar refractivity (Wildman–Crippen MR) is 76.8 cm³/mol. The lowest BCUT2D eigenvalue weighted by molar-refractivity contribution is 0.596. The minimum Gasteiger partial charge on any atom is -0.399 e. The first-order valence-electron chi connectivity index (χ1n) is 5.97. The van der Waals surface area contributed by atoms with Crippen LogP contribution in [0.25, 0.3) is 0 Å². The zero-order valence-electron chi connectivity index (χ0n) is 10.9. The summed E-state index contributed by atoms with van der Waals surface area (Å²) in [7, 11) is -1.41. The number of aryl methyl sites for hydroxylation is 2. The van der Waals surface area contributed by atoms with Gasteiger partial charge in [-0.05, 0) is 48.7 Å². The summed E-state index contributed by atoms with van der Waals surface area (Å²) >= 11 is 0. The topological polar surface area (TPSA) is 43.1 Å². The molecule has 0 radical (unpaired) electrons. The summed E-state index contributed by atoms with van der Waals surface area (Å²) in [5.41, 5.74) is 8.99. The Balaban J connectivity index is 2.31. The van der Waals surface area contributed by atoms with Gasteiger partial charge in [0.05, 0.1) is 21.4 Å². The zero-order chi connectivity index (χ0) is 14.0. The van der Waals surface area contributed by atoms with Crippen molar-refractivity contribution in [1.29, 1.82) is 0 Å². The monoisotopic (exact) mass is 277 g/mol. The third-order valence-corrected chi connectivity index (χ3v) is 4.49. The lowest BCUT2D eigenvalue weighted by atomic mass is 10.1. The van der Waals surface area contributed by atoms with Crippen molar-refractivity contribution in [3.8, 4) is 0 Å². The smallest absolute Gasteiger partial charge is 0.141 e. The van der Waals surface area contributed by atoms with Crippen LogP contribution in [-0.2, 0) is 16.6 Å². The molecule has 2 rings (SSSR count). The van der Waals surface area contributed by atoms with Crippen molar-refractivity contribution < 1.29 is 8.60 Å². The molecule has 1 atom stereocenters. The fourth-order valence-corrected chi connectivity index (χ4v) is 3.36. The van der Waals surface area contributed by atoms with Gasteiger partial charge in [0.15, 0.2) is 0 Å². The molecule has 0 heterocycles. The normalized spacial score (nSPS) is 12.4. The average Bonchev–Trinajstić information content (AvgIpc) is 2.33. The van der Waals surface area contributed by atoms with Gasteiger partial charge in [0.25, 0.3) is 0 Å². The van der Waals surface area contributed by atoms with Gasteiger partial charge in [-0.15, -0.1) is 0 Å². The highest BCUT2D eigenvalue weighted by atomic mass is 32.2. The standard InChI is InChI=1S/C15H16FNOS/c1-10-4-3-5-11(2)13(10)9-19(18)15-7-6-12(17)8-14(15)16/h3-8H,9,17H2,1-2H3. The van der Waals surface area contributed by atoms with E-state index in [1.807, 2.05) is 32.0 Å². The molecule has 2 nitrogen and oxygen atoms in total. The lowest BCUT2D eigenvalue weighted by Crippen LogP contribution is -2.03. The van der Waals surface area contributed by atoms with Crippen molar-refractivity contribution in [3.63, 3.8) is 0 Å². The molecule has 2 N–H and O–H groups in total. The van der Waals surface area contributed by atoms with Gasteiger partial charge in [0.2, 0.25) is 0 Å². The number of hydrogen-bond donors (Lipinski definition) is 1. The molecular formula is C15H16FNOS. The molecule has 0 spiro atoms. The number of rotatable bonds is 3. The van der Waals surface area contributed by atoms with Crippen LogP contribution in [0.1, 0.15) is 16.7 Å². The molecule has 2 aromatic carbocycles. The summed E-state index contributed by atoms with van der Waals surface area (Å²) in [4.78, 5) is 0.205. The molecule has 0 saturated heterocycles. The number of hydrogen-bond acceptors (Lipinski definition) is 2. The molecule has 0 bridgehead atoms. The summed E-state index contributed by atoms with van der Waals surface area (Å²) < 4.78 is 26.0. The molecule has 0 fully saturated rings. The van der Waals surface area contributed by atoms with Crippen LogP contribution in [0, 0.1) is 19.7 Å². The molecule has 1 unspecified atom stereocenters. The first-order chi connectivity index (χ1) is 8.99. The van der Waals surface area contributed by atoms with Gasteiger partial charge in [0, 0.05) is 5.69 Å². The Morgan fingerprint density at radius 1 is 1.16 bits per heavy atom. The Morgan fingerprint density at radius 3 is 2.37 bits per heavy atom. The highest BCUT2D eigenvalue weighted by Gasteiger charge is 2.13. The van der Waals surface area contributed by atoms with Crippen molar-refractivity contribution in [2.45, 2.75) is 24.5 Å². The summed E-state index contributed by atoms with van der Waals surface area (Å²) in [6.45, 7) is 3.94. The summed E-state index contributed by atoms with van der Waals surface area (Å²) in [5.74, 6) is -0.191. The van der Waals surface area contributed by atoms with E-state index in [1.54, 1.807) is 6.07 Å². The van der Waals surface area contributed by atoms with Gasteiger partial charge in [-0.3, -0.25) is 4.21 Å². The van der Waals surface area contributed by atoms with Crippen molar-refractivity contribution in [2.75, 3.05) is 5.73 Å². The Kier molecular flexibility index (Phi) is 4.00. The third kappa shape index (κ3) is 3.01. The third-order valence-electron chi connectivity index (χ3n) is 3.12. The van der Waals surface area contributed by atoms with Gasteiger partial charge in [-0.1, -0.05) is 18.2 Å². The van der Waals surface area contributed by atoms with Crippen molar-refractivity contribution in [3.05, 3.63) is 58.9 Å². The first kappa shape index (κ1) is 13.7. The van der Waals surface area contributed by atoms with E-state index < -0.39 is 16.6 Å². The van der Waals surface area contributed by atoms with E-state index in [0.29, 0.717) is 11.4 Å². The maximum absolute atomic E-state index is 13.7. The number of nitrogen functional groups attached to an aromatic ring is 1. The Bertz CT molecular complexity index is 620. The molecular weight excluding hydrogens is 261 g/mol. The first-order valence-corrected chi connectivity index (χ1v) is 7.29. The second-order valence-electron chi connectivity index (χ2n) is 4.55. The Hall–Kier alpha value is -1.68. The van der Waals surface area contributed by atoms with Crippen molar-refractivity contribution in [2.24, 2.45) is 0 Å². The van der Waals surface area contributed by atoms with E-state index in [4.69, 9.17) is 5.73 Å². The fraction of sp³-hybridized carbons (Fsp3) is 0.200. The maximum atomic E-state index is 13.7. The van der Waals surface area contributed by atoms with Crippen LogP contribution < -0.4 is 5.73 Å². The van der Waals surface area contributed by atoms with Crippen LogP contribution in [0.4, 0.5) is 10.1 Å². The summed E-state index contributed by atoms with van der Waals surface area (Å²) in [5, 5.41) is 0. The number of anilines is 1. The Labute approximate surface area is 114 Å². The van der Waals surface area contributed by atoms with Gasteiger partial charge >= 0.3 is 0 Å². The van der Waals surface area contributed by atoms with E-state index in [9.17, 15) is 8.60 Å². The van der Waals surface area contributed by atoms with Gasteiger partial charge < -0.3 is 5.73 Å². The SMILES string of the molecule is Cc1cccc(C)c1CS(=O)c1ccc(N)cc1F. The summed E-state index contributed by atoms with van der Waals surface area (Å²) in [6, 6.07) is 10.2. The van der Waals surface area contributed by atoms with Crippen LogP contribution in [0.15, 0.2) is 41.3 Å². The molecule has 0 aliphatic heterocycles. The fourth-order valence-electron chi connectivity index (χ4n) is 1.99. The van der Waals surface area contributed by atoms with E-state index >= 15 is 0 Å². The quantitative estimate of drug-likeness (QED) is 0.874. The van der Waals surface area contributed by atoms with E-state index in [2.05, 4.69) is 0 Å². The zero-order valence-corrected chi connectivity index (χ0v) is 11.8. The van der Waals surface area contributed by atoms with Crippen LogP contribution in [0.3, 0.4) is 0 Å². The number of benzene rings is 2. The molecule has 100 valence electrons. The molecule has 0 saturated carbocycles. The van der Waals surface area contributed by atoms with Gasteiger partial charge in [0.1, 0.15) is 5.82 Å². The largest absolute Gasteiger partial charge is 0.399 e. The highest BCUT2D eigenvalue weighted by Crippen LogP contribution is 2.21. The molecule has 2 aromatic rings. The molecule has 4 heteroatoms. The van der Waals surface area contributed by atoms with E-state index in [1.165, 1.54) is 12.1 Å². The number of nitrogens with two attached hydrogens (primary N) is 1. The molecule has 0 amide bonds. The molecule has 0 aliphatic rings. The van der Waals surface area contributed by atoms with Gasteiger partial charge in [-0.25, -0.2) is 4.39 Å². The minimum absolute atomic E-state index is 0.205. The maximum Gasteiger partial charge on any atom is 0.141 e. The highest BCUT2D eigenvalue weighted by molar-refractivity contribution is 7.84. The van der Waals surface area contributed by atoms with E-state index in [-0.39, 0.29) is 4.90 Å². The Morgan fingerprint density at radius 2 is 1.79 bits per heavy atom. The predicted octanol–water partition coefficient (Wildman–Crippen LogP) is 3.33. The lowest BCUT2D eigenvalue weighted by Gasteiger charge is -2.10. The summed E-state index contributed by atoms with van der Waals surface area (Å²) in [6.07, 6.45) is 0. The van der Waals surface area contributed by atoms with Crippen LogP contribution in [0.2, 0.25) is 0 Å². The van der Waals surface area contributed by atoms with Crippen LogP contribution in [-0.4, -0.2) is 4.21 Å². The van der Waals surface area contributed by atoms with Crippen LogP contribution >= 0.6 is 0 Å². The minimum atomic E-state index is -1.41. The van der Waals surface area contributed by atoms with Gasteiger partial charge in [-0.2, -0.15) is 0 Å².